The third-order valence-corrected chi connectivity index (χ3v) is 5.46. The fraction of sp³-hybridized carbons (Fsp3) is 0.458. The standard InChI is InChI=1S/C24H31F2N3O2/c1-28-12-14-29(15-13-28)23(30)18-27-19-24(25,26)21-10-5-11-22(17-21)31-16-6-9-20-7-3-2-4-8-20/h2-5,7-8,10-11,17,27H,6,9,12-16,18-19H2,1H3. The molecule has 0 aliphatic carbocycles. The van der Waals surface area contributed by atoms with Crippen molar-refractivity contribution in [1.82, 2.24) is 15.1 Å². The Kier molecular flexibility index (Phi) is 8.37. The number of hydrogen-bond acceptors (Lipinski definition) is 4. The Morgan fingerprint density at radius 1 is 1.06 bits per heavy atom. The first kappa shape index (κ1) is 23.2. The highest BCUT2D eigenvalue weighted by Crippen LogP contribution is 2.29. The van der Waals surface area contributed by atoms with Crippen molar-refractivity contribution in [2.45, 2.75) is 18.8 Å². The summed E-state index contributed by atoms with van der Waals surface area (Å²) >= 11 is 0. The molecule has 2 aromatic carbocycles. The summed E-state index contributed by atoms with van der Waals surface area (Å²) in [5.41, 5.74) is 1.11. The second-order valence-electron chi connectivity index (χ2n) is 7.96. The molecule has 1 fully saturated rings. The van der Waals surface area contributed by atoms with Crippen LogP contribution in [-0.4, -0.2) is 68.6 Å². The van der Waals surface area contributed by atoms with E-state index < -0.39 is 12.5 Å². The number of carbonyl (C=O) groups is 1. The van der Waals surface area contributed by atoms with Crippen LogP contribution in [0.25, 0.3) is 0 Å². The molecule has 0 spiro atoms. The van der Waals surface area contributed by atoms with Gasteiger partial charge in [-0.05, 0) is 37.6 Å². The van der Waals surface area contributed by atoms with Crippen molar-refractivity contribution in [2.24, 2.45) is 0 Å². The SMILES string of the molecule is CN1CCN(C(=O)CNCC(F)(F)c2cccc(OCCCc3ccccc3)c2)CC1. The number of halogens is 2. The average Bonchev–Trinajstić information content (AvgIpc) is 2.78. The van der Waals surface area contributed by atoms with Crippen LogP contribution in [0, 0.1) is 0 Å². The molecule has 0 unspecified atom stereocenters. The zero-order chi connectivity index (χ0) is 22.1. The number of nitrogens with one attached hydrogen (secondary N) is 1. The summed E-state index contributed by atoms with van der Waals surface area (Å²) in [5.74, 6) is -2.80. The van der Waals surface area contributed by atoms with Crippen LogP contribution in [0.3, 0.4) is 0 Å². The summed E-state index contributed by atoms with van der Waals surface area (Å²) < 4.78 is 35.0. The number of benzene rings is 2. The number of rotatable bonds is 10. The van der Waals surface area contributed by atoms with Crippen LogP contribution in [0.15, 0.2) is 54.6 Å². The molecule has 0 atom stereocenters. The van der Waals surface area contributed by atoms with Crippen molar-refractivity contribution in [3.63, 3.8) is 0 Å². The van der Waals surface area contributed by atoms with E-state index in [0.717, 1.165) is 25.9 Å². The number of hydrogen-bond donors (Lipinski definition) is 1. The summed E-state index contributed by atoms with van der Waals surface area (Å²) in [7, 11) is 2.00. The highest BCUT2D eigenvalue weighted by atomic mass is 19.3. The van der Waals surface area contributed by atoms with E-state index in [1.54, 1.807) is 17.0 Å². The van der Waals surface area contributed by atoms with Crippen LogP contribution in [-0.2, 0) is 17.1 Å². The van der Waals surface area contributed by atoms with Crippen LogP contribution in [0.4, 0.5) is 8.78 Å². The number of ether oxygens (including phenoxy) is 1. The molecule has 0 bridgehead atoms. The molecule has 5 nitrogen and oxygen atoms in total. The minimum absolute atomic E-state index is 0.0883. The normalized spacial score (nSPS) is 15.1. The van der Waals surface area contributed by atoms with Crippen LogP contribution in [0.1, 0.15) is 17.5 Å². The van der Waals surface area contributed by atoms with Crippen molar-refractivity contribution < 1.29 is 18.3 Å². The number of piperazine rings is 1. The Morgan fingerprint density at radius 3 is 2.55 bits per heavy atom. The number of amides is 1. The number of nitrogens with zero attached hydrogens (tertiary/aromatic N) is 2. The van der Waals surface area contributed by atoms with E-state index in [1.807, 2.05) is 25.2 Å². The Morgan fingerprint density at radius 2 is 1.81 bits per heavy atom. The number of aryl methyl sites for hydroxylation is 1. The van der Waals surface area contributed by atoms with Gasteiger partial charge in [-0.1, -0.05) is 42.5 Å². The smallest absolute Gasteiger partial charge is 0.285 e. The van der Waals surface area contributed by atoms with Crippen molar-refractivity contribution >= 4 is 5.91 Å². The molecular weight excluding hydrogens is 400 g/mol. The lowest BCUT2D eigenvalue weighted by Gasteiger charge is -2.32. The van der Waals surface area contributed by atoms with E-state index in [-0.39, 0.29) is 18.0 Å². The Balaban J connectivity index is 1.43. The predicted molar refractivity (Wildman–Crippen MR) is 118 cm³/mol. The second kappa shape index (κ2) is 11.2. The zero-order valence-corrected chi connectivity index (χ0v) is 18.0. The third kappa shape index (κ3) is 7.29. The first-order valence-corrected chi connectivity index (χ1v) is 10.8. The predicted octanol–water partition coefficient (Wildman–Crippen LogP) is 3.15. The number of alkyl halides is 2. The van der Waals surface area contributed by atoms with Gasteiger partial charge in [-0.25, -0.2) is 0 Å². The van der Waals surface area contributed by atoms with Gasteiger partial charge in [0.15, 0.2) is 0 Å². The molecule has 1 aliphatic heterocycles. The van der Waals surface area contributed by atoms with Gasteiger partial charge in [-0.15, -0.1) is 0 Å². The summed E-state index contributed by atoms with van der Waals surface area (Å²) in [6, 6.07) is 16.1. The molecule has 168 valence electrons. The maximum Gasteiger partial charge on any atom is 0.285 e. The molecule has 7 heteroatoms. The average molecular weight is 432 g/mol. The van der Waals surface area contributed by atoms with Crippen LogP contribution < -0.4 is 10.1 Å². The molecule has 31 heavy (non-hydrogen) atoms. The van der Waals surface area contributed by atoms with Crippen molar-refractivity contribution in [1.29, 1.82) is 0 Å². The molecule has 1 heterocycles. The van der Waals surface area contributed by atoms with Crippen molar-refractivity contribution in [3.8, 4) is 5.75 Å². The fourth-order valence-corrected chi connectivity index (χ4v) is 3.52. The highest BCUT2D eigenvalue weighted by Gasteiger charge is 2.32. The van der Waals surface area contributed by atoms with Gasteiger partial charge in [0.1, 0.15) is 5.75 Å². The highest BCUT2D eigenvalue weighted by molar-refractivity contribution is 5.78. The van der Waals surface area contributed by atoms with E-state index in [0.29, 0.717) is 25.4 Å². The Labute approximate surface area is 183 Å². The van der Waals surface area contributed by atoms with Crippen molar-refractivity contribution in [3.05, 3.63) is 65.7 Å². The minimum Gasteiger partial charge on any atom is -0.494 e. The molecule has 1 saturated heterocycles. The van der Waals surface area contributed by atoms with E-state index >= 15 is 0 Å². The molecule has 2 aromatic rings. The van der Waals surface area contributed by atoms with Gasteiger partial charge in [0.05, 0.1) is 19.7 Å². The van der Waals surface area contributed by atoms with Gasteiger partial charge in [0.2, 0.25) is 5.91 Å². The first-order valence-electron chi connectivity index (χ1n) is 10.8. The number of likely N-dealkylation sites (N-methyl/N-ethyl adjacent to an activating group) is 1. The fourth-order valence-electron chi connectivity index (χ4n) is 3.52. The quantitative estimate of drug-likeness (QED) is 0.587. The topological polar surface area (TPSA) is 44.8 Å². The van der Waals surface area contributed by atoms with E-state index in [9.17, 15) is 13.6 Å². The van der Waals surface area contributed by atoms with Crippen LogP contribution in [0.2, 0.25) is 0 Å². The molecular formula is C24H31F2N3O2. The lowest BCUT2D eigenvalue weighted by molar-refractivity contribution is -0.132. The van der Waals surface area contributed by atoms with Crippen molar-refractivity contribution in [2.75, 3.05) is 52.9 Å². The van der Waals surface area contributed by atoms with E-state index in [4.69, 9.17) is 4.74 Å². The van der Waals surface area contributed by atoms with Crippen LogP contribution in [0.5, 0.6) is 5.75 Å². The lowest BCUT2D eigenvalue weighted by atomic mass is 10.1. The molecule has 3 rings (SSSR count). The molecule has 1 N–H and O–H groups in total. The Hall–Kier alpha value is -2.51. The van der Waals surface area contributed by atoms with E-state index in [2.05, 4.69) is 22.3 Å². The Bertz CT molecular complexity index is 825. The van der Waals surface area contributed by atoms with Gasteiger partial charge < -0.3 is 19.9 Å². The zero-order valence-electron chi connectivity index (χ0n) is 18.0. The molecule has 1 amide bonds. The summed E-state index contributed by atoms with van der Waals surface area (Å²) in [6.07, 6.45) is 1.68. The van der Waals surface area contributed by atoms with Gasteiger partial charge in [-0.3, -0.25) is 4.79 Å². The molecule has 1 aliphatic rings. The monoisotopic (exact) mass is 431 g/mol. The first-order chi connectivity index (χ1) is 14.9. The lowest BCUT2D eigenvalue weighted by Crippen LogP contribution is -2.50. The maximum absolute atomic E-state index is 14.6. The van der Waals surface area contributed by atoms with Crippen LogP contribution >= 0.6 is 0 Å². The van der Waals surface area contributed by atoms with Gasteiger partial charge >= 0.3 is 0 Å². The van der Waals surface area contributed by atoms with E-state index in [1.165, 1.54) is 17.7 Å². The minimum atomic E-state index is -3.09. The maximum atomic E-state index is 14.6. The largest absolute Gasteiger partial charge is 0.494 e. The molecule has 0 aromatic heterocycles. The van der Waals surface area contributed by atoms with Gasteiger partial charge in [-0.2, -0.15) is 8.78 Å². The number of carbonyl (C=O) groups excluding carboxylic acids is 1. The second-order valence-corrected chi connectivity index (χ2v) is 7.96. The van der Waals surface area contributed by atoms with Gasteiger partial charge in [0.25, 0.3) is 5.92 Å². The molecule has 0 radical (unpaired) electrons. The summed E-state index contributed by atoms with van der Waals surface area (Å²) in [5, 5.41) is 2.63. The summed E-state index contributed by atoms with van der Waals surface area (Å²) in [4.78, 5) is 16.1. The van der Waals surface area contributed by atoms with Gasteiger partial charge in [0, 0.05) is 31.7 Å². The third-order valence-electron chi connectivity index (χ3n) is 5.46. The molecule has 0 saturated carbocycles. The summed E-state index contributed by atoms with van der Waals surface area (Å²) in [6.45, 7) is 2.66.